The molecule has 0 aliphatic carbocycles. The largest absolute Gasteiger partial charge is 0.375 e. The number of rotatable bonds is 6. The summed E-state index contributed by atoms with van der Waals surface area (Å²) in [4.78, 5) is 12.2. The van der Waals surface area contributed by atoms with Gasteiger partial charge < -0.3 is 10.6 Å². The van der Waals surface area contributed by atoms with Gasteiger partial charge in [-0.05, 0) is 48.9 Å². The van der Waals surface area contributed by atoms with E-state index in [1.165, 1.54) is 26.2 Å². The standard InChI is InChI=1S/C17H20ClN3O3S/c1-12-4-9-16(15(18)10-12)19-11-17(22)20-13-5-7-14(8-6-13)25(23,24)21(2)3/h4-10,19H,11H2,1-3H3,(H,20,22). The minimum atomic E-state index is -3.48. The van der Waals surface area contributed by atoms with Crippen molar-refractivity contribution in [1.29, 1.82) is 0 Å². The first-order valence-corrected chi connectivity index (χ1v) is 9.34. The number of carbonyl (C=O) groups is 1. The van der Waals surface area contributed by atoms with Crippen LogP contribution in [0.5, 0.6) is 0 Å². The highest BCUT2D eigenvalue weighted by molar-refractivity contribution is 7.89. The molecule has 0 fully saturated rings. The third-order valence-corrected chi connectivity index (χ3v) is 5.62. The van der Waals surface area contributed by atoms with Crippen LogP contribution in [0.15, 0.2) is 47.4 Å². The summed E-state index contributed by atoms with van der Waals surface area (Å²) >= 11 is 6.10. The van der Waals surface area contributed by atoms with Crippen LogP contribution in [0.4, 0.5) is 11.4 Å². The van der Waals surface area contributed by atoms with Crippen molar-refractivity contribution in [2.24, 2.45) is 0 Å². The van der Waals surface area contributed by atoms with Crippen molar-refractivity contribution in [1.82, 2.24) is 4.31 Å². The molecular weight excluding hydrogens is 362 g/mol. The summed E-state index contributed by atoms with van der Waals surface area (Å²) in [6.45, 7) is 1.98. The maximum absolute atomic E-state index is 12.0. The Labute approximate surface area is 152 Å². The number of aryl methyl sites for hydroxylation is 1. The Hall–Kier alpha value is -2.09. The van der Waals surface area contributed by atoms with Crippen LogP contribution in [0.3, 0.4) is 0 Å². The number of carbonyl (C=O) groups excluding carboxylic acids is 1. The van der Waals surface area contributed by atoms with Gasteiger partial charge in [0.05, 0.1) is 22.2 Å². The Morgan fingerprint density at radius 3 is 2.32 bits per heavy atom. The van der Waals surface area contributed by atoms with Crippen molar-refractivity contribution in [3.63, 3.8) is 0 Å². The second kappa shape index (κ2) is 7.86. The van der Waals surface area contributed by atoms with Gasteiger partial charge in [-0.15, -0.1) is 0 Å². The summed E-state index contributed by atoms with van der Waals surface area (Å²) in [5.74, 6) is -0.264. The van der Waals surface area contributed by atoms with E-state index in [1.807, 2.05) is 25.1 Å². The Bertz CT molecular complexity index is 865. The fourth-order valence-electron chi connectivity index (χ4n) is 2.07. The fraction of sp³-hybridized carbons (Fsp3) is 0.235. The van der Waals surface area contributed by atoms with Gasteiger partial charge in [0.1, 0.15) is 0 Å². The van der Waals surface area contributed by atoms with E-state index in [4.69, 9.17) is 11.6 Å². The normalized spacial score (nSPS) is 11.4. The smallest absolute Gasteiger partial charge is 0.243 e. The van der Waals surface area contributed by atoms with Crippen LogP contribution in [0, 0.1) is 6.92 Å². The topological polar surface area (TPSA) is 78.5 Å². The lowest BCUT2D eigenvalue weighted by Crippen LogP contribution is -2.23. The molecule has 1 amide bonds. The lowest BCUT2D eigenvalue weighted by Gasteiger charge is -2.12. The monoisotopic (exact) mass is 381 g/mol. The Kier molecular flexibility index (Phi) is 6.05. The number of sulfonamides is 1. The lowest BCUT2D eigenvalue weighted by atomic mass is 10.2. The molecule has 2 N–H and O–H groups in total. The molecule has 0 bridgehead atoms. The van der Waals surface area contributed by atoms with Crippen molar-refractivity contribution in [2.75, 3.05) is 31.3 Å². The molecule has 8 heteroatoms. The Morgan fingerprint density at radius 2 is 1.76 bits per heavy atom. The number of benzene rings is 2. The number of hydrogen-bond acceptors (Lipinski definition) is 4. The number of halogens is 1. The lowest BCUT2D eigenvalue weighted by molar-refractivity contribution is -0.114. The average molecular weight is 382 g/mol. The van der Waals surface area contributed by atoms with Crippen LogP contribution in [0.2, 0.25) is 5.02 Å². The van der Waals surface area contributed by atoms with Crippen molar-refractivity contribution < 1.29 is 13.2 Å². The van der Waals surface area contributed by atoms with E-state index in [0.717, 1.165) is 9.87 Å². The minimum Gasteiger partial charge on any atom is -0.375 e. The first-order valence-electron chi connectivity index (χ1n) is 7.52. The zero-order valence-corrected chi connectivity index (χ0v) is 15.8. The molecule has 2 aromatic carbocycles. The number of nitrogens with one attached hydrogen (secondary N) is 2. The van der Waals surface area contributed by atoms with E-state index >= 15 is 0 Å². The van der Waals surface area contributed by atoms with E-state index < -0.39 is 10.0 Å². The summed E-state index contributed by atoms with van der Waals surface area (Å²) in [5, 5.41) is 6.21. The molecule has 2 aromatic rings. The van der Waals surface area contributed by atoms with Gasteiger partial charge in [0.25, 0.3) is 0 Å². The molecule has 0 aliphatic rings. The van der Waals surface area contributed by atoms with Gasteiger partial charge in [-0.3, -0.25) is 4.79 Å². The van der Waals surface area contributed by atoms with Gasteiger partial charge in [-0.25, -0.2) is 12.7 Å². The molecule has 0 saturated heterocycles. The number of anilines is 2. The van der Waals surface area contributed by atoms with Crippen molar-refractivity contribution >= 4 is 38.9 Å². The highest BCUT2D eigenvalue weighted by atomic mass is 35.5. The molecular formula is C17H20ClN3O3S. The maximum Gasteiger partial charge on any atom is 0.243 e. The molecule has 0 heterocycles. The van der Waals surface area contributed by atoms with E-state index in [1.54, 1.807) is 12.1 Å². The maximum atomic E-state index is 12.0. The molecule has 0 atom stereocenters. The summed E-state index contributed by atoms with van der Waals surface area (Å²) < 4.78 is 25.1. The van der Waals surface area contributed by atoms with Crippen LogP contribution in [-0.2, 0) is 14.8 Å². The first-order chi connectivity index (χ1) is 11.7. The van der Waals surface area contributed by atoms with Crippen molar-refractivity contribution in [2.45, 2.75) is 11.8 Å². The van der Waals surface area contributed by atoms with Crippen LogP contribution in [-0.4, -0.2) is 39.3 Å². The number of amides is 1. The molecule has 6 nitrogen and oxygen atoms in total. The third-order valence-electron chi connectivity index (χ3n) is 3.48. The SMILES string of the molecule is Cc1ccc(NCC(=O)Nc2ccc(S(=O)(=O)N(C)C)cc2)c(Cl)c1. The molecule has 25 heavy (non-hydrogen) atoms. The molecule has 0 aromatic heterocycles. The van der Waals surface area contributed by atoms with E-state index in [2.05, 4.69) is 10.6 Å². The molecule has 0 unspecified atom stereocenters. The van der Waals surface area contributed by atoms with Crippen LogP contribution >= 0.6 is 11.6 Å². The summed E-state index contributed by atoms with van der Waals surface area (Å²) in [6.07, 6.45) is 0. The molecule has 0 radical (unpaired) electrons. The van der Waals surface area contributed by atoms with Gasteiger partial charge in [0.2, 0.25) is 15.9 Å². The van der Waals surface area contributed by atoms with Gasteiger partial charge in [-0.1, -0.05) is 17.7 Å². The minimum absolute atomic E-state index is 0.0422. The molecule has 0 saturated carbocycles. The zero-order chi connectivity index (χ0) is 18.6. The predicted octanol–water partition coefficient (Wildman–Crippen LogP) is 2.95. The second-order valence-corrected chi connectivity index (χ2v) is 8.26. The summed E-state index contributed by atoms with van der Waals surface area (Å²) in [6, 6.07) is 11.5. The quantitative estimate of drug-likeness (QED) is 0.806. The van der Waals surface area contributed by atoms with Crippen LogP contribution < -0.4 is 10.6 Å². The summed E-state index contributed by atoms with van der Waals surface area (Å²) in [7, 11) is -0.553. The zero-order valence-electron chi connectivity index (χ0n) is 14.2. The highest BCUT2D eigenvalue weighted by Crippen LogP contribution is 2.22. The average Bonchev–Trinajstić information content (AvgIpc) is 2.54. The van der Waals surface area contributed by atoms with E-state index in [9.17, 15) is 13.2 Å². The van der Waals surface area contributed by atoms with Gasteiger partial charge in [-0.2, -0.15) is 0 Å². The second-order valence-electron chi connectivity index (χ2n) is 5.70. The first kappa shape index (κ1) is 19.2. The van der Waals surface area contributed by atoms with Crippen LogP contribution in [0.1, 0.15) is 5.56 Å². The van der Waals surface area contributed by atoms with Gasteiger partial charge in [0, 0.05) is 19.8 Å². The Balaban J connectivity index is 1.97. The number of nitrogens with zero attached hydrogens (tertiary/aromatic N) is 1. The fourth-order valence-corrected chi connectivity index (χ4v) is 3.27. The van der Waals surface area contributed by atoms with E-state index in [-0.39, 0.29) is 17.3 Å². The van der Waals surface area contributed by atoms with Gasteiger partial charge in [0.15, 0.2) is 0 Å². The molecule has 134 valence electrons. The summed E-state index contributed by atoms with van der Waals surface area (Å²) in [5.41, 5.74) is 2.22. The van der Waals surface area contributed by atoms with Crippen molar-refractivity contribution in [3.05, 3.63) is 53.1 Å². The predicted molar refractivity (Wildman–Crippen MR) is 101 cm³/mol. The van der Waals surface area contributed by atoms with Crippen molar-refractivity contribution in [3.8, 4) is 0 Å². The number of hydrogen-bond donors (Lipinski definition) is 2. The Morgan fingerprint density at radius 1 is 1.12 bits per heavy atom. The van der Waals surface area contributed by atoms with Crippen LogP contribution in [0.25, 0.3) is 0 Å². The molecule has 2 rings (SSSR count). The molecule has 0 aliphatic heterocycles. The van der Waals surface area contributed by atoms with E-state index in [0.29, 0.717) is 16.4 Å². The van der Waals surface area contributed by atoms with Gasteiger partial charge >= 0.3 is 0 Å². The molecule has 0 spiro atoms. The highest BCUT2D eigenvalue weighted by Gasteiger charge is 2.16. The third kappa shape index (κ3) is 4.94.